The van der Waals surface area contributed by atoms with Gasteiger partial charge in [0.2, 0.25) is 0 Å². The van der Waals surface area contributed by atoms with Crippen LogP contribution in [0.5, 0.6) is 0 Å². The summed E-state index contributed by atoms with van der Waals surface area (Å²) in [6.45, 7) is 7.29. The third-order valence-electron chi connectivity index (χ3n) is 3.39. The molecule has 1 aromatic carbocycles. The molecule has 1 aromatic rings. The van der Waals surface area contributed by atoms with Crippen molar-refractivity contribution in [3.05, 3.63) is 23.8 Å². The molecule has 2 rings (SSSR count). The highest BCUT2D eigenvalue weighted by atomic mass is 16.5. The van der Waals surface area contributed by atoms with Crippen LogP contribution in [0.2, 0.25) is 0 Å². The number of benzene rings is 1. The van der Waals surface area contributed by atoms with Gasteiger partial charge in [0.05, 0.1) is 25.4 Å². The van der Waals surface area contributed by atoms with E-state index in [-0.39, 0.29) is 5.97 Å². The van der Waals surface area contributed by atoms with Gasteiger partial charge in [-0.05, 0) is 25.1 Å². The molecule has 6 heteroatoms. The van der Waals surface area contributed by atoms with E-state index in [4.69, 9.17) is 15.2 Å². The van der Waals surface area contributed by atoms with E-state index in [0.717, 1.165) is 45.1 Å². The van der Waals surface area contributed by atoms with Crippen LogP contribution in [0.25, 0.3) is 0 Å². The minimum Gasteiger partial charge on any atom is -0.462 e. The fraction of sp³-hybridized carbons (Fsp3) is 0.533. The van der Waals surface area contributed by atoms with E-state index >= 15 is 0 Å². The summed E-state index contributed by atoms with van der Waals surface area (Å²) in [4.78, 5) is 14.3. The van der Waals surface area contributed by atoms with Gasteiger partial charge in [-0.25, -0.2) is 4.79 Å². The first-order valence-electron chi connectivity index (χ1n) is 7.31. The zero-order valence-corrected chi connectivity index (χ0v) is 12.4. The van der Waals surface area contributed by atoms with Gasteiger partial charge in [-0.15, -0.1) is 0 Å². The molecule has 21 heavy (non-hydrogen) atoms. The van der Waals surface area contributed by atoms with Crippen LogP contribution >= 0.6 is 0 Å². The van der Waals surface area contributed by atoms with Crippen LogP contribution in [0.4, 0.5) is 11.4 Å². The highest BCUT2D eigenvalue weighted by Gasteiger charge is 2.14. The van der Waals surface area contributed by atoms with E-state index in [1.807, 2.05) is 6.07 Å². The third-order valence-corrected chi connectivity index (χ3v) is 3.39. The van der Waals surface area contributed by atoms with Gasteiger partial charge in [-0.1, -0.05) is 0 Å². The Kier molecular flexibility index (Phi) is 5.83. The summed E-state index contributed by atoms with van der Waals surface area (Å²) in [5.41, 5.74) is 7.55. The molecular weight excluding hydrogens is 270 g/mol. The predicted octanol–water partition coefficient (Wildman–Crippen LogP) is 1.19. The molecule has 0 aromatic heterocycles. The van der Waals surface area contributed by atoms with Crippen molar-refractivity contribution < 1.29 is 14.3 Å². The van der Waals surface area contributed by atoms with E-state index in [1.54, 1.807) is 19.1 Å². The number of ether oxygens (including phenoxy) is 2. The van der Waals surface area contributed by atoms with Crippen LogP contribution in [0, 0.1) is 0 Å². The van der Waals surface area contributed by atoms with Gasteiger partial charge in [0, 0.05) is 37.6 Å². The van der Waals surface area contributed by atoms with E-state index in [0.29, 0.717) is 17.9 Å². The maximum atomic E-state index is 11.9. The largest absolute Gasteiger partial charge is 0.462 e. The Hall–Kier alpha value is -1.79. The second kappa shape index (κ2) is 7.85. The van der Waals surface area contributed by atoms with E-state index in [2.05, 4.69) is 10.2 Å². The number of hydrogen-bond acceptors (Lipinski definition) is 6. The molecule has 1 heterocycles. The topological polar surface area (TPSA) is 76.8 Å². The van der Waals surface area contributed by atoms with Crippen LogP contribution in [0.3, 0.4) is 0 Å². The van der Waals surface area contributed by atoms with Crippen molar-refractivity contribution in [2.45, 2.75) is 6.92 Å². The molecule has 0 spiro atoms. The number of nitrogen functional groups attached to an aromatic ring is 1. The molecule has 0 unspecified atom stereocenters. The van der Waals surface area contributed by atoms with Gasteiger partial charge in [-0.2, -0.15) is 0 Å². The SMILES string of the molecule is CCOC(=O)c1cc(N)ccc1NCCN1CCOCC1. The minimum absolute atomic E-state index is 0.348. The zero-order valence-electron chi connectivity index (χ0n) is 12.4. The molecule has 1 fully saturated rings. The average Bonchev–Trinajstić information content (AvgIpc) is 2.50. The van der Waals surface area contributed by atoms with Gasteiger partial charge < -0.3 is 20.5 Å². The summed E-state index contributed by atoms with van der Waals surface area (Å²) in [6.07, 6.45) is 0. The van der Waals surface area contributed by atoms with Crippen molar-refractivity contribution in [2.24, 2.45) is 0 Å². The van der Waals surface area contributed by atoms with Gasteiger partial charge in [0.15, 0.2) is 0 Å². The Morgan fingerprint density at radius 1 is 1.43 bits per heavy atom. The van der Waals surface area contributed by atoms with Gasteiger partial charge >= 0.3 is 5.97 Å². The molecular formula is C15H23N3O3. The Labute approximate surface area is 125 Å². The fourth-order valence-corrected chi connectivity index (χ4v) is 2.27. The standard InChI is InChI=1S/C15H23N3O3/c1-2-21-15(19)13-11-12(16)3-4-14(13)17-5-6-18-7-9-20-10-8-18/h3-4,11,17H,2,5-10,16H2,1H3. The predicted molar refractivity (Wildman–Crippen MR) is 82.6 cm³/mol. The van der Waals surface area contributed by atoms with Crippen LogP contribution in [-0.2, 0) is 9.47 Å². The van der Waals surface area contributed by atoms with Crippen LogP contribution < -0.4 is 11.1 Å². The molecule has 0 bridgehead atoms. The molecule has 1 aliphatic rings. The lowest BCUT2D eigenvalue weighted by atomic mass is 10.1. The summed E-state index contributed by atoms with van der Waals surface area (Å²) in [5.74, 6) is -0.348. The number of carbonyl (C=O) groups is 1. The number of esters is 1. The first-order chi connectivity index (χ1) is 10.2. The zero-order chi connectivity index (χ0) is 15.1. The van der Waals surface area contributed by atoms with E-state index in [9.17, 15) is 4.79 Å². The van der Waals surface area contributed by atoms with Crippen LogP contribution in [0.1, 0.15) is 17.3 Å². The summed E-state index contributed by atoms with van der Waals surface area (Å²) < 4.78 is 10.4. The Balaban J connectivity index is 1.93. The Morgan fingerprint density at radius 2 is 2.19 bits per heavy atom. The molecule has 0 aliphatic carbocycles. The molecule has 0 atom stereocenters. The molecule has 116 valence electrons. The highest BCUT2D eigenvalue weighted by molar-refractivity contribution is 5.96. The molecule has 1 aliphatic heterocycles. The van der Waals surface area contributed by atoms with Crippen molar-refractivity contribution in [1.29, 1.82) is 0 Å². The summed E-state index contributed by atoms with van der Waals surface area (Å²) in [7, 11) is 0. The highest BCUT2D eigenvalue weighted by Crippen LogP contribution is 2.20. The van der Waals surface area contributed by atoms with E-state index in [1.165, 1.54) is 0 Å². The number of nitrogens with two attached hydrogens (primary N) is 1. The molecule has 6 nitrogen and oxygen atoms in total. The second-order valence-corrected chi connectivity index (χ2v) is 4.91. The second-order valence-electron chi connectivity index (χ2n) is 4.91. The normalized spacial score (nSPS) is 15.7. The van der Waals surface area contributed by atoms with Crippen molar-refractivity contribution in [3.63, 3.8) is 0 Å². The molecule has 0 saturated carbocycles. The number of nitrogens with zero attached hydrogens (tertiary/aromatic N) is 1. The summed E-state index contributed by atoms with van der Waals surface area (Å²) in [6, 6.07) is 5.25. The Bertz CT molecular complexity index is 473. The van der Waals surface area contributed by atoms with Crippen molar-refractivity contribution in [1.82, 2.24) is 4.90 Å². The lowest BCUT2D eigenvalue weighted by Gasteiger charge is -2.26. The number of anilines is 2. The number of nitrogens with one attached hydrogen (secondary N) is 1. The summed E-state index contributed by atoms with van der Waals surface area (Å²) in [5, 5.41) is 3.29. The van der Waals surface area contributed by atoms with Crippen molar-refractivity contribution in [3.8, 4) is 0 Å². The minimum atomic E-state index is -0.348. The monoisotopic (exact) mass is 293 g/mol. The molecule has 3 N–H and O–H groups in total. The quantitative estimate of drug-likeness (QED) is 0.606. The lowest BCUT2D eigenvalue weighted by Crippen LogP contribution is -2.39. The van der Waals surface area contributed by atoms with E-state index < -0.39 is 0 Å². The third kappa shape index (κ3) is 4.61. The number of hydrogen-bond donors (Lipinski definition) is 2. The lowest BCUT2D eigenvalue weighted by molar-refractivity contribution is 0.0398. The smallest absolute Gasteiger partial charge is 0.340 e. The Morgan fingerprint density at radius 3 is 2.90 bits per heavy atom. The van der Waals surface area contributed by atoms with Crippen molar-refractivity contribution in [2.75, 3.05) is 57.1 Å². The van der Waals surface area contributed by atoms with Crippen LogP contribution in [-0.4, -0.2) is 56.9 Å². The number of morpholine rings is 1. The van der Waals surface area contributed by atoms with Gasteiger partial charge in [-0.3, -0.25) is 4.90 Å². The van der Waals surface area contributed by atoms with Crippen LogP contribution in [0.15, 0.2) is 18.2 Å². The van der Waals surface area contributed by atoms with Gasteiger partial charge in [0.25, 0.3) is 0 Å². The summed E-state index contributed by atoms with van der Waals surface area (Å²) >= 11 is 0. The average molecular weight is 293 g/mol. The fourth-order valence-electron chi connectivity index (χ4n) is 2.27. The maximum Gasteiger partial charge on any atom is 0.340 e. The van der Waals surface area contributed by atoms with Gasteiger partial charge in [0.1, 0.15) is 0 Å². The number of rotatable bonds is 6. The number of carbonyl (C=O) groups excluding carboxylic acids is 1. The molecule has 0 amide bonds. The maximum absolute atomic E-state index is 11.9. The first-order valence-corrected chi connectivity index (χ1v) is 7.31. The first kappa shape index (κ1) is 15.6. The molecule has 0 radical (unpaired) electrons. The molecule has 1 saturated heterocycles. The van der Waals surface area contributed by atoms with Crippen molar-refractivity contribution >= 4 is 17.3 Å².